The van der Waals surface area contributed by atoms with Gasteiger partial charge in [-0.05, 0) is 37.9 Å². The van der Waals surface area contributed by atoms with Crippen LogP contribution < -0.4 is 15.5 Å². The van der Waals surface area contributed by atoms with E-state index < -0.39 is 0 Å². The maximum Gasteiger partial charge on any atom is 0.319 e. The van der Waals surface area contributed by atoms with E-state index in [4.69, 9.17) is 4.74 Å². The molecule has 2 saturated heterocycles. The summed E-state index contributed by atoms with van der Waals surface area (Å²) in [6.07, 6.45) is 6.01. The summed E-state index contributed by atoms with van der Waals surface area (Å²) in [6, 6.07) is 8.02. The number of amides is 2. The van der Waals surface area contributed by atoms with Crippen molar-refractivity contribution >= 4 is 17.4 Å². The van der Waals surface area contributed by atoms with Gasteiger partial charge in [0, 0.05) is 32.7 Å². The van der Waals surface area contributed by atoms with E-state index in [0.29, 0.717) is 6.54 Å². The van der Waals surface area contributed by atoms with E-state index in [2.05, 4.69) is 26.5 Å². The first-order valence-corrected chi connectivity index (χ1v) is 10.0. The van der Waals surface area contributed by atoms with Crippen molar-refractivity contribution in [1.82, 2.24) is 10.2 Å². The van der Waals surface area contributed by atoms with E-state index in [9.17, 15) is 4.79 Å². The molecule has 0 bridgehead atoms. The molecule has 2 fully saturated rings. The number of carbonyl (C=O) groups excluding carboxylic acids is 1. The average molecular weight is 361 g/mol. The van der Waals surface area contributed by atoms with Gasteiger partial charge < -0.3 is 20.3 Å². The number of rotatable bonds is 6. The van der Waals surface area contributed by atoms with Gasteiger partial charge in [0.05, 0.1) is 24.6 Å². The minimum Gasteiger partial charge on any atom is -0.379 e. The molecule has 0 radical (unpaired) electrons. The summed E-state index contributed by atoms with van der Waals surface area (Å²) in [4.78, 5) is 17.1. The molecule has 1 aromatic carbocycles. The molecule has 6 nitrogen and oxygen atoms in total. The first kappa shape index (κ1) is 19.0. The second-order valence-corrected chi connectivity index (χ2v) is 7.11. The fourth-order valence-corrected chi connectivity index (χ4v) is 3.66. The number of anilines is 2. The Labute approximate surface area is 156 Å². The van der Waals surface area contributed by atoms with Crippen LogP contribution in [0.25, 0.3) is 0 Å². The van der Waals surface area contributed by atoms with Crippen molar-refractivity contribution in [2.24, 2.45) is 0 Å². The van der Waals surface area contributed by atoms with Gasteiger partial charge in [0.15, 0.2) is 0 Å². The number of ether oxygens (including phenoxy) is 1. The number of morpholine rings is 1. The van der Waals surface area contributed by atoms with Crippen LogP contribution in [-0.4, -0.2) is 63.4 Å². The molecule has 2 aliphatic rings. The van der Waals surface area contributed by atoms with Crippen LogP contribution in [0.3, 0.4) is 0 Å². The molecule has 0 unspecified atom stereocenters. The summed E-state index contributed by atoms with van der Waals surface area (Å²) in [5.41, 5.74) is 2.04. The topological polar surface area (TPSA) is 56.8 Å². The summed E-state index contributed by atoms with van der Waals surface area (Å²) in [5.74, 6) is 0. The number of urea groups is 1. The number of nitrogens with zero attached hydrogens (tertiary/aromatic N) is 2. The number of benzene rings is 1. The van der Waals surface area contributed by atoms with Crippen LogP contribution in [0.15, 0.2) is 24.3 Å². The third-order valence-electron chi connectivity index (χ3n) is 5.14. The van der Waals surface area contributed by atoms with Crippen LogP contribution in [0.4, 0.5) is 16.2 Å². The zero-order chi connectivity index (χ0) is 18.0. The van der Waals surface area contributed by atoms with Gasteiger partial charge in [-0.3, -0.25) is 4.90 Å². The van der Waals surface area contributed by atoms with Crippen molar-refractivity contribution in [2.45, 2.75) is 32.1 Å². The highest BCUT2D eigenvalue weighted by molar-refractivity contribution is 5.93. The van der Waals surface area contributed by atoms with Gasteiger partial charge in [0.2, 0.25) is 0 Å². The highest BCUT2D eigenvalue weighted by Gasteiger charge is 2.15. The molecule has 0 saturated carbocycles. The van der Waals surface area contributed by atoms with Gasteiger partial charge in [-0.1, -0.05) is 25.0 Å². The van der Waals surface area contributed by atoms with Crippen LogP contribution in [-0.2, 0) is 4.74 Å². The zero-order valence-electron chi connectivity index (χ0n) is 15.7. The molecule has 0 aromatic heterocycles. The zero-order valence-corrected chi connectivity index (χ0v) is 15.7. The lowest BCUT2D eigenvalue weighted by Gasteiger charge is -2.26. The van der Waals surface area contributed by atoms with Gasteiger partial charge in [0.1, 0.15) is 0 Å². The molecule has 2 aliphatic heterocycles. The molecule has 2 N–H and O–H groups in total. The number of nitrogens with one attached hydrogen (secondary N) is 2. The first-order chi connectivity index (χ1) is 12.8. The summed E-state index contributed by atoms with van der Waals surface area (Å²) < 4.78 is 5.35. The molecular weight excluding hydrogens is 328 g/mol. The lowest BCUT2D eigenvalue weighted by Crippen LogP contribution is -2.38. The number of carbonyl (C=O) groups is 1. The van der Waals surface area contributed by atoms with Gasteiger partial charge in [0.25, 0.3) is 0 Å². The Balaban J connectivity index is 1.44. The minimum absolute atomic E-state index is 0.116. The fourth-order valence-electron chi connectivity index (χ4n) is 3.66. The van der Waals surface area contributed by atoms with Crippen molar-refractivity contribution < 1.29 is 9.53 Å². The van der Waals surface area contributed by atoms with Crippen LogP contribution in [0.2, 0.25) is 0 Å². The quantitative estimate of drug-likeness (QED) is 0.766. The largest absolute Gasteiger partial charge is 0.379 e. The Morgan fingerprint density at radius 2 is 1.73 bits per heavy atom. The molecule has 2 amide bonds. The number of hydrogen-bond acceptors (Lipinski definition) is 4. The van der Waals surface area contributed by atoms with Crippen molar-refractivity contribution in [3.63, 3.8) is 0 Å². The number of hydrogen-bond donors (Lipinski definition) is 2. The third kappa shape index (κ3) is 5.88. The normalized spacial score (nSPS) is 19.0. The Morgan fingerprint density at radius 3 is 2.50 bits per heavy atom. The third-order valence-corrected chi connectivity index (χ3v) is 5.14. The minimum atomic E-state index is -0.116. The standard InChI is InChI=1S/C20H32N4O2/c25-20(21-10-7-11-23-14-16-26-17-15-23)22-18-8-3-4-9-19(18)24-12-5-1-2-6-13-24/h3-4,8-9H,1-2,5-7,10-17H2,(H2,21,22,25). The van der Waals surface area contributed by atoms with Crippen LogP contribution >= 0.6 is 0 Å². The van der Waals surface area contributed by atoms with Crippen molar-refractivity contribution in [3.05, 3.63) is 24.3 Å². The van der Waals surface area contributed by atoms with Gasteiger partial charge in [-0.25, -0.2) is 4.79 Å². The molecule has 144 valence electrons. The Bertz CT molecular complexity index is 552. The summed E-state index contributed by atoms with van der Waals surface area (Å²) in [7, 11) is 0. The Hall–Kier alpha value is -1.79. The molecule has 3 rings (SSSR count). The molecule has 0 atom stereocenters. The van der Waals surface area contributed by atoms with Gasteiger partial charge in [-0.2, -0.15) is 0 Å². The van der Waals surface area contributed by atoms with Gasteiger partial charge in [-0.15, -0.1) is 0 Å². The molecule has 0 spiro atoms. The second-order valence-electron chi connectivity index (χ2n) is 7.11. The monoisotopic (exact) mass is 360 g/mol. The van der Waals surface area contributed by atoms with E-state index in [1.165, 1.54) is 25.7 Å². The SMILES string of the molecule is O=C(NCCCN1CCOCC1)Nc1ccccc1N1CCCCCC1. The predicted octanol–water partition coefficient (Wildman–Crippen LogP) is 2.91. The second kappa shape index (κ2) is 10.4. The van der Waals surface area contributed by atoms with E-state index in [1.807, 2.05) is 18.2 Å². The van der Waals surface area contributed by atoms with E-state index in [0.717, 1.165) is 63.7 Å². The molecule has 26 heavy (non-hydrogen) atoms. The van der Waals surface area contributed by atoms with Crippen molar-refractivity contribution in [3.8, 4) is 0 Å². The first-order valence-electron chi connectivity index (χ1n) is 10.0. The lowest BCUT2D eigenvalue weighted by molar-refractivity contribution is 0.0375. The van der Waals surface area contributed by atoms with Crippen molar-refractivity contribution in [2.75, 3.05) is 62.7 Å². The number of para-hydroxylation sites is 2. The molecule has 6 heteroatoms. The van der Waals surface area contributed by atoms with Crippen molar-refractivity contribution in [1.29, 1.82) is 0 Å². The lowest BCUT2D eigenvalue weighted by atomic mass is 10.2. The smallest absolute Gasteiger partial charge is 0.319 e. The summed E-state index contributed by atoms with van der Waals surface area (Å²) in [6.45, 7) is 7.47. The highest BCUT2D eigenvalue weighted by Crippen LogP contribution is 2.27. The van der Waals surface area contributed by atoms with Gasteiger partial charge >= 0.3 is 6.03 Å². The Kier molecular flexibility index (Phi) is 7.58. The summed E-state index contributed by atoms with van der Waals surface area (Å²) >= 11 is 0. The van der Waals surface area contributed by atoms with E-state index >= 15 is 0 Å². The maximum absolute atomic E-state index is 12.3. The maximum atomic E-state index is 12.3. The molecular formula is C20H32N4O2. The fraction of sp³-hybridized carbons (Fsp3) is 0.650. The van der Waals surface area contributed by atoms with Crippen LogP contribution in [0.5, 0.6) is 0 Å². The highest BCUT2D eigenvalue weighted by atomic mass is 16.5. The molecule has 1 aromatic rings. The van der Waals surface area contributed by atoms with E-state index in [-0.39, 0.29) is 6.03 Å². The average Bonchev–Trinajstić information content (AvgIpc) is 2.96. The predicted molar refractivity (Wildman–Crippen MR) is 106 cm³/mol. The Morgan fingerprint density at radius 1 is 1.00 bits per heavy atom. The molecule has 0 aliphatic carbocycles. The molecule has 2 heterocycles. The van der Waals surface area contributed by atoms with Crippen LogP contribution in [0.1, 0.15) is 32.1 Å². The van der Waals surface area contributed by atoms with Crippen LogP contribution in [0, 0.1) is 0 Å². The summed E-state index contributed by atoms with van der Waals surface area (Å²) in [5, 5.41) is 6.03. The van der Waals surface area contributed by atoms with E-state index in [1.54, 1.807) is 0 Å².